The first-order chi connectivity index (χ1) is 15.0. The lowest BCUT2D eigenvalue weighted by molar-refractivity contribution is -0.141. The molecule has 1 aromatic carbocycles. The van der Waals surface area contributed by atoms with E-state index in [-0.39, 0.29) is 11.8 Å². The fourth-order valence-corrected chi connectivity index (χ4v) is 6.16. The number of piperazine rings is 1. The van der Waals surface area contributed by atoms with Gasteiger partial charge in [0.1, 0.15) is 0 Å². The SMILES string of the molecule is Cc1c(CN2CC3CCC(C2)N3C(=O)C2CCCC2)cc(Cl)cc1NC(=O)CC1CC1. The number of halogens is 1. The van der Waals surface area contributed by atoms with Crippen LogP contribution in [-0.2, 0) is 16.1 Å². The number of likely N-dealkylation sites (tertiary alicyclic amines) is 1. The van der Waals surface area contributed by atoms with Crippen molar-refractivity contribution in [3.8, 4) is 0 Å². The van der Waals surface area contributed by atoms with Crippen LogP contribution in [0.2, 0.25) is 5.02 Å². The molecule has 168 valence electrons. The fraction of sp³-hybridized carbons (Fsp3) is 0.680. The molecule has 2 saturated heterocycles. The highest BCUT2D eigenvalue weighted by atomic mass is 35.5. The predicted molar refractivity (Wildman–Crippen MR) is 123 cm³/mol. The second-order valence-corrected chi connectivity index (χ2v) is 10.7. The van der Waals surface area contributed by atoms with E-state index in [1.807, 2.05) is 12.1 Å². The maximum Gasteiger partial charge on any atom is 0.226 e. The number of carbonyl (C=O) groups is 2. The highest BCUT2D eigenvalue weighted by molar-refractivity contribution is 6.31. The molecule has 5 nitrogen and oxygen atoms in total. The van der Waals surface area contributed by atoms with Crippen LogP contribution in [-0.4, -0.2) is 46.8 Å². The number of rotatable bonds is 6. The summed E-state index contributed by atoms with van der Waals surface area (Å²) in [5.74, 6) is 1.35. The molecule has 2 aliphatic carbocycles. The Morgan fingerprint density at radius 2 is 1.71 bits per heavy atom. The van der Waals surface area contributed by atoms with Gasteiger partial charge in [-0.1, -0.05) is 24.4 Å². The predicted octanol–water partition coefficient (Wildman–Crippen LogP) is 4.75. The number of amides is 2. The molecule has 0 radical (unpaired) electrons. The van der Waals surface area contributed by atoms with E-state index in [1.54, 1.807) is 0 Å². The zero-order chi connectivity index (χ0) is 21.5. The Hall–Kier alpha value is -1.59. The molecule has 5 rings (SSSR count). The third-order valence-corrected chi connectivity index (χ3v) is 8.05. The molecule has 4 aliphatic rings. The molecule has 2 unspecified atom stereocenters. The van der Waals surface area contributed by atoms with Crippen molar-refractivity contribution in [1.82, 2.24) is 9.80 Å². The normalized spacial score (nSPS) is 26.5. The Labute approximate surface area is 190 Å². The largest absolute Gasteiger partial charge is 0.334 e. The molecule has 4 fully saturated rings. The molecule has 1 aromatic rings. The van der Waals surface area contributed by atoms with Crippen LogP contribution >= 0.6 is 11.6 Å². The zero-order valence-electron chi connectivity index (χ0n) is 18.5. The zero-order valence-corrected chi connectivity index (χ0v) is 19.3. The van der Waals surface area contributed by atoms with Gasteiger partial charge in [0.15, 0.2) is 0 Å². The first kappa shape index (κ1) is 21.3. The number of carbonyl (C=O) groups excluding carboxylic acids is 2. The second-order valence-electron chi connectivity index (χ2n) is 10.2. The summed E-state index contributed by atoms with van der Waals surface area (Å²) in [6.07, 6.45) is 9.77. The van der Waals surface area contributed by atoms with Crippen molar-refractivity contribution < 1.29 is 9.59 Å². The van der Waals surface area contributed by atoms with E-state index >= 15 is 0 Å². The molecule has 2 amide bonds. The lowest BCUT2D eigenvalue weighted by Gasteiger charge is -2.42. The number of hydrogen-bond acceptors (Lipinski definition) is 3. The maximum atomic E-state index is 13.1. The molecule has 0 aromatic heterocycles. The van der Waals surface area contributed by atoms with Gasteiger partial charge in [-0.3, -0.25) is 14.5 Å². The van der Waals surface area contributed by atoms with Crippen molar-refractivity contribution in [1.29, 1.82) is 0 Å². The molecular weight excluding hydrogens is 410 g/mol. The molecule has 31 heavy (non-hydrogen) atoms. The molecule has 1 N–H and O–H groups in total. The summed E-state index contributed by atoms with van der Waals surface area (Å²) in [6, 6.07) is 4.60. The Morgan fingerprint density at radius 3 is 2.35 bits per heavy atom. The van der Waals surface area contributed by atoms with Crippen molar-refractivity contribution in [2.75, 3.05) is 18.4 Å². The second kappa shape index (κ2) is 8.74. The smallest absolute Gasteiger partial charge is 0.226 e. The Morgan fingerprint density at radius 1 is 1.03 bits per heavy atom. The summed E-state index contributed by atoms with van der Waals surface area (Å²) in [6.45, 7) is 4.76. The fourth-order valence-electron chi connectivity index (χ4n) is 5.92. The molecule has 0 spiro atoms. The van der Waals surface area contributed by atoms with Gasteiger partial charge in [0.25, 0.3) is 0 Å². The molecule has 2 heterocycles. The van der Waals surface area contributed by atoms with Crippen LogP contribution in [0.25, 0.3) is 0 Å². The van der Waals surface area contributed by atoms with Crippen LogP contribution in [0.4, 0.5) is 5.69 Å². The van der Waals surface area contributed by atoms with Crippen LogP contribution < -0.4 is 5.32 Å². The van der Waals surface area contributed by atoms with E-state index in [1.165, 1.54) is 31.2 Å². The highest BCUT2D eigenvalue weighted by Crippen LogP contribution is 2.37. The average Bonchev–Trinajstić information content (AvgIpc) is 3.27. The first-order valence-corrected chi connectivity index (χ1v) is 12.5. The Bertz CT molecular complexity index is 849. The topological polar surface area (TPSA) is 52.6 Å². The maximum absolute atomic E-state index is 13.1. The van der Waals surface area contributed by atoms with E-state index < -0.39 is 0 Å². The van der Waals surface area contributed by atoms with Crippen LogP contribution in [0, 0.1) is 18.8 Å². The molecule has 2 atom stereocenters. The number of anilines is 1. The summed E-state index contributed by atoms with van der Waals surface area (Å²) in [7, 11) is 0. The van der Waals surface area contributed by atoms with Gasteiger partial charge in [-0.25, -0.2) is 0 Å². The molecule has 2 bridgehead atoms. The minimum Gasteiger partial charge on any atom is -0.334 e. The van der Waals surface area contributed by atoms with Gasteiger partial charge in [-0.2, -0.15) is 0 Å². The monoisotopic (exact) mass is 443 g/mol. The first-order valence-electron chi connectivity index (χ1n) is 12.1. The lowest BCUT2D eigenvalue weighted by atomic mass is 10.0. The van der Waals surface area contributed by atoms with Crippen LogP contribution in [0.5, 0.6) is 0 Å². The van der Waals surface area contributed by atoms with E-state index in [4.69, 9.17) is 11.6 Å². The van der Waals surface area contributed by atoms with Crippen molar-refractivity contribution in [2.45, 2.75) is 83.3 Å². The van der Waals surface area contributed by atoms with Gasteiger partial charge in [-0.15, -0.1) is 0 Å². The van der Waals surface area contributed by atoms with Crippen molar-refractivity contribution in [3.05, 3.63) is 28.3 Å². The third-order valence-electron chi connectivity index (χ3n) is 7.84. The van der Waals surface area contributed by atoms with Gasteiger partial charge < -0.3 is 10.2 Å². The van der Waals surface area contributed by atoms with Crippen LogP contribution in [0.3, 0.4) is 0 Å². The van der Waals surface area contributed by atoms with Gasteiger partial charge in [0.05, 0.1) is 0 Å². The summed E-state index contributed by atoms with van der Waals surface area (Å²) in [5, 5.41) is 3.76. The Kier molecular flexibility index (Phi) is 6.00. The number of benzene rings is 1. The van der Waals surface area contributed by atoms with Crippen molar-refractivity contribution in [3.63, 3.8) is 0 Å². The lowest BCUT2D eigenvalue weighted by Crippen LogP contribution is -2.56. The minimum absolute atomic E-state index is 0.0934. The number of nitrogens with zero attached hydrogens (tertiary/aromatic N) is 2. The van der Waals surface area contributed by atoms with Crippen molar-refractivity contribution in [2.24, 2.45) is 11.8 Å². The van der Waals surface area contributed by atoms with Gasteiger partial charge >= 0.3 is 0 Å². The summed E-state index contributed by atoms with van der Waals surface area (Å²) in [4.78, 5) is 30.2. The number of fused-ring (bicyclic) bond motifs is 2. The quantitative estimate of drug-likeness (QED) is 0.690. The van der Waals surface area contributed by atoms with Gasteiger partial charge in [0, 0.05) is 54.8 Å². The standard InChI is InChI=1S/C25H34ClN3O2/c1-16-19(11-20(26)12-23(16)27-24(30)10-17-6-7-17)13-28-14-21-8-9-22(15-28)29(21)25(31)18-4-2-3-5-18/h11-12,17-18,21-22H,2-10,13-15H2,1H3,(H,27,30). The molecule has 2 saturated carbocycles. The van der Waals surface area contributed by atoms with E-state index in [9.17, 15) is 9.59 Å². The number of nitrogens with one attached hydrogen (secondary N) is 1. The van der Waals surface area contributed by atoms with Crippen LogP contribution in [0.1, 0.15) is 68.9 Å². The molecular formula is C25H34ClN3O2. The van der Waals surface area contributed by atoms with Crippen molar-refractivity contribution >= 4 is 29.1 Å². The summed E-state index contributed by atoms with van der Waals surface area (Å²) in [5.41, 5.74) is 3.11. The highest BCUT2D eigenvalue weighted by Gasteiger charge is 2.44. The third kappa shape index (κ3) is 4.63. The summed E-state index contributed by atoms with van der Waals surface area (Å²) >= 11 is 6.43. The summed E-state index contributed by atoms with van der Waals surface area (Å²) < 4.78 is 0. The average molecular weight is 444 g/mol. The van der Waals surface area contributed by atoms with Crippen LogP contribution in [0.15, 0.2) is 12.1 Å². The minimum atomic E-state index is 0.0934. The molecule has 6 heteroatoms. The van der Waals surface area contributed by atoms with Gasteiger partial charge in [-0.05, 0) is 74.6 Å². The van der Waals surface area contributed by atoms with Gasteiger partial charge in [0.2, 0.25) is 11.8 Å². The Balaban J connectivity index is 1.25. The number of hydrogen-bond donors (Lipinski definition) is 1. The van der Waals surface area contributed by atoms with E-state index in [0.717, 1.165) is 56.6 Å². The molecule has 2 aliphatic heterocycles. The van der Waals surface area contributed by atoms with E-state index in [0.29, 0.717) is 35.4 Å². The van der Waals surface area contributed by atoms with E-state index in [2.05, 4.69) is 22.0 Å².